The van der Waals surface area contributed by atoms with Gasteiger partial charge in [0.25, 0.3) is 0 Å². The van der Waals surface area contributed by atoms with E-state index in [1.54, 1.807) is 48.1 Å². The number of primary amides is 2. The molecule has 0 spiro atoms. The minimum atomic E-state index is -1.41. The second-order valence-corrected chi connectivity index (χ2v) is 13.5. The van der Waals surface area contributed by atoms with Crippen LogP contribution in [0.15, 0.2) is 37.2 Å². The van der Waals surface area contributed by atoms with Gasteiger partial charge in [0.05, 0.1) is 37.8 Å². The van der Waals surface area contributed by atoms with Gasteiger partial charge in [0.1, 0.15) is 0 Å². The number of aromatic nitrogens is 6. The largest absolute Gasteiger partial charge is 0.491 e. The first-order valence-electron chi connectivity index (χ1n) is 16.1. The zero-order chi connectivity index (χ0) is 36.7. The summed E-state index contributed by atoms with van der Waals surface area (Å²) >= 11 is 18.6. The number of halogens is 3. The monoisotopic (exact) mass is 746 g/mol. The van der Waals surface area contributed by atoms with Crippen LogP contribution in [0.5, 0.6) is 0 Å². The van der Waals surface area contributed by atoms with Gasteiger partial charge in [-0.3, -0.25) is 28.9 Å². The molecule has 0 saturated carbocycles. The molecule has 0 radical (unpaired) electrons. The Balaban J connectivity index is 0.000000182. The zero-order valence-corrected chi connectivity index (χ0v) is 30.7. The van der Waals surface area contributed by atoms with Crippen LogP contribution in [0.2, 0.25) is 15.1 Å². The third kappa shape index (κ3) is 9.66. The highest BCUT2D eigenvalue weighted by Crippen LogP contribution is 2.39. The van der Waals surface area contributed by atoms with Crippen LogP contribution in [0, 0.1) is 25.7 Å². The van der Waals surface area contributed by atoms with Gasteiger partial charge in [-0.2, -0.15) is 10.2 Å². The number of hydrogen-bond acceptors (Lipinski definition) is 10. The fourth-order valence-electron chi connectivity index (χ4n) is 6.16. The van der Waals surface area contributed by atoms with E-state index in [0.717, 1.165) is 80.1 Å². The van der Waals surface area contributed by atoms with E-state index < -0.39 is 7.12 Å². The summed E-state index contributed by atoms with van der Waals surface area (Å²) in [7, 11) is 2.22. The number of nitrogens with two attached hydrogens (primary N) is 2. The average molecular weight is 748 g/mol. The lowest BCUT2D eigenvalue weighted by atomic mass is 9.81. The summed E-state index contributed by atoms with van der Waals surface area (Å²) in [4.78, 5) is 34.9. The number of nitrogens with zero attached hydrogens (tertiary/aromatic N) is 8. The minimum Gasteiger partial charge on any atom is -0.423 e. The highest BCUT2D eigenvalue weighted by Gasteiger charge is 2.28. The van der Waals surface area contributed by atoms with E-state index in [0.29, 0.717) is 26.2 Å². The highest BCUT2D eigenvalue weighted by atomic mass is 35.5. The second-order valence-electron chi connectivity index (χ2n) is 12.3. The molecule has 0 bridgehead atoms. The molecule has 0 unspecified atom stereocenters. The molecule has 268 valence electrons. The van der Waals surface area contributed by atoms with Crippen molar-refractivity contribution in [1.29, 1.82) is 0 Å². The van der Waals surface area contributed by atoms with Gasteiger partial charge in [-0.25, -0.2) is 0 Å². The first-order chi connectivity index (χ1) is 23.7. The van der Waals surface area contributed by atoms with Crippen molar-refractivity contribution in [2.75, 3.05) is 36.0 Å². The van der Waals surface area contributed by atoms with E-state index >= 15 is 0 Å². The summed E-state index contributed by atoms with van der Waals surface area (Å²) in [6.45, 7) is 6.68. The number of carbonyl (C=O) groups excluding carboxylic acids is 2. The van der Waals surface area contributed by atoms with Crippen LogP contribution in [0.4, 0.5) is 11.4 Å². The summed E-state index contributed by atoms with van der Waals surface area (Å²) in [6.07, 6.45) is 13.2. The predicted molar refractivity (Wildman–Crippen MR) is 196 cm³/mol. The van der Waals surface area contributed by atoms with Crippen molar-refractivity contribution in [2.24, 2.45) is 37.4 Å². The van der Waals surface area contributed by atoms with Gasteiger partial charge in [-0.15, -0.1) is 0 Å². The molecule has 2 saturated heterocycles. The average Bonchev–Trinajstić information content (AvgIpc) is 3.60. The lowest BCUT2D eigenvalue weighted by Gasteiger charge is -2.34. The van der Waals surface area contributed by atoms with Crippen LogP contribution < -0.4 is 26.7 Å². The van der Waals surface area contributed by atoms with Crippen LogP contribution in [0.1, 0.15) is 37.1 Å². The van der Waals surface area contributed by atoms with Crippen LogP contribution in [-0.2, 0) is 23.7 Å². The van der Waals surface area contributed by atoms with Gasteiger partial charge >= 0.3 is 7.12 Å². The van der Waals surface area contributed by atoms with Gasteiger partial charge in [0.2, 0.25) is 11.8 Å². The molecule has 18 heteroatoms. The van der Waals surface area contributed by atoms with Gasteiger partial charge in [-0.1, -0.05) is 34.8 Å². The maximum Gasteiger partial charge on any atom is 0.491 e. The number of pyridine rings is 2. The lowest BCUT2D eigenvalue weighted by molar-refractivity contribution is -0.123. The fourth-order valence-corrected chi connectivity index (χ4v) is 7.05. The van der Waals surface area contributed by atoms with E-state index in [4.69, 9.17) is 56.3 Å². The van der Waals surface area contributed by atoms with Gasteiger partial charge in [0.15, 0.2) is 0 Å². The Morgan fingerprint density at radius 2 is 1.12 bits per heavy atom. The number of carbonyl (C=O) groups is 2. The molecule has 4 aromatic rings. The molecule has 0 aromatic carbocycles. The Bertz CT molecular complexity index is 1770. The number of rotatable bonds is 6. The number of aryl methyl sites for hydroxylation is 4. The standard InChI is InChI=1S/C16H20ClN5O.C11H13Cl2N3O.C5H9BN2O2/c1-10-13(9-21(2)20-10)12-7-19-8-14(17)15(12)22-5-3-11(4-6-22)16(18)23;12-8-5-15-6-9(13)10(8)16-3-1-7(2-4-16)11(14)17;1-4-5(6(9)10)3-8(2)7-4/h7-9,11H,3-6H2,1-2H3,(H2,18,23);5-7H,1-4H2,(H2,14,17);3,9-10H,1-2H3. The normalized spacial score (nSPS) is 15.1. The second kappa shape index (κ2) is 17.4. The number of anilines is 2. The van der Waals surface area contributed by atoms with Gasteiger partial charge in [-0.05, 0) is 39.5 Å². The third-order valence-corrected chi connectivity index (χ3v) is 9.59. The van der Waals surface area contributed by atoms with Crippen molar-refractivity contribution in [3.05, 3.63) is 63.6 Å². The number of amides is 2. The smallest absolute Gasteiger partial charge is 0.423 e. The Morgan fingerprint density at radius 3 is 1.50 bits per heavy atom. The summed E-state index contributed by atoms with van der Waals surface area (Å²) < 4.78 is 3.33. The summed E-state index contributed by atoms with van der Waals surface area (Å²) in [5, 5.41) is 27.5. The molecule has 50 heavy (non-hydrogen) atoms. The van der Waals surface area contributed by atoms with Crippen molar-refractivity contribution in [2.45, 2.75) is 39.5 Å². The first kappa shape index (κ1) is 38.9. The molecule has 6 rings (SSSR count). The van der Waals surface area contributed by atoms with Crippen molar-refractivity contribution in [1.82, 2.24) is 29.5 Å². The van der Waals surface area contributed by atoms with Crippen molar-refractivity contribution in [3.63, 3.8) is 0 Å². The van der Waals surface area contributed by atoms with Gasteiger partial charge < -0.3 is 31.3 Å². The van der Waals surface area contributed by atoms with E-state index in [-0.39, 0.29) is 23.7 Å². The van der Waals surface area contributed by atoms with Crippen LogP contribution in [0.3, 0.4) is 0 Å². The minimum absolute atomic E-state index is 0.0364. The quantitative estimate of drug-likeness (QED) is 0.213. The Labute approximate surface area is 306 Å². The highest BCUT2D eigenvalue weighted by molar-refractivity contribution is 6.59. The molecule has 6 heterocycles. The molecule has 2 fully saturated rings. The molecule has 0 aliphatic carbocycles. The summed E-state index contributed by atoms with van der Waals surface area (Å²) in [5.74, 6) is -0.522. The summed E-state index contributed by atoms with van der Waals surface area (Å²) in [6, 6.07) is 0. The third-order valence-electron chi connectivity index (χ3n) is 8.76. The molecule has 2 aliphatic rings. The van der Waals surface area contributed by atoms with E-state index in [1.807, 2.05) is 26.4 Å². The summed E-state index contributed by atoms with van der Waals surface area (Å²) in [5.41, 5.74) is 16.5. The molecular weight excluding hydrogens is 706 g/mol. The Morgan fingerprint density at radius 1 is 0.700 bits per heavy atom. The first-order valence-corrected chi connectivity index (χ1v) is 17.2. The van der Waals surface area contributed by atoms with E-state index in [2.05, 4.69) is 30.0 Å². The lowest BCUT2D eigenvalue weighted by Crippen LogP contribution is -2.38. The van der Waals surface area contributed by atoms with Crippen molar-refractivity contribution in [3.8, 4) is 11.1 Å². The maximum atomic E-state index is 11.4. The SMILES string of the molecule is Cc1nn(C)cc1-c1cncc(Cl)c1N1CCC(C(N)=O)CC1.Cc1nn(C)cc1B(O)O.NC(=O)C1CCN(c2c(Cl)cncc2Cl)CC1. The molecule has 0 atom stereocenters. The molecule has 2 aliphatic heterocycles. The van der Waals surface area contributed by atoms with Crippen molar-refractivity contribution < 1.29 is 19.6 Å². The molecule has 14 nitrogen and oxygen atoms in total. The van der Waals surface area contributed by atoms with Crippen LogP contribution >= 0.6 is 34.8 Å². The predicted octanol–water partition coefficient (Wildman–Crippen LogP) is 2.64. The van der Waals surface area contributed by atoms with Crippen LogP contribution in [0.25, 0.3) is 11.1 Å². The molecule has 6 N–H and O–H groups in total. The van der Waals surface area contributed by atoms with E-state index in [9.17, 15) is 9.59 Å². The van der Waals surface area contributed by atoms with Gasteiger partial charge in [0, 0.05) is 106 Å². The molecular formula is C32H42BCl3N10O4. The maximum absolute atomic E-state index is 11.4. The number of hydrogen-bond donors (Lipinski definition) is 4. The molecule has 4 aromatic heterocycles. The Hall–Kier alpha value is -3.89. The fraction of sp³-hybridized carbons (Fsp3) is 0.438. The Kier molecular flexibility index (Phi) is 13.5. The number of piperidine rings is 2. The van der Waals surface area contributed by atoms with Crippen LogP contribution in [-0.4, -0.2) is 84.7 Å². The topological polar surface area (TPSA) is 195 Å². The molecule has 2 amide bonds. The van der Waals surface area contributed by atoms with E-state index in [1.165, 1.54) is 0 Å². The van der Waals surface area contributed by atoms with Crippen molar-refractivity contribution >= 4 is 70.6 Å². The zero-order valence-electron chi connectivity index (χ0n) is 28.4.